The van der Waals surface area contributed by atoms with Crippen molar-refractivity contribution in [3.63, 3.8) is 0 Å². The lowest BCUT2D eigenvalue weighted by molar-refractivity contribution is -0.394. The monoisotopic (exact) mass is 258 g/mol. The summed E-state index contributed by atoms with van der Waals surface area (Å²) >= 11 is 0. The van der Waals surface area contributed by atoms with Crippen molar-refractivity contribution in [3.05, 3.63) is 16.4 Å². The molecule has 0 radical (unpaired) electrons. The highest BCUT2D eigenvalue weighted by Gasteiger charge is 2.20. The molecular weight excluding hydrogens is 244 g/mol. The van der Waals surface area contributed by atoms with Gasteiger partial charge in [0.1, 0.15) is 0 Å². The smallest absolute Gasteiger partial charge is 0.447 e. The fraction of sp³-hybridized carbons (Fsp3) is 0.625. The molecule has 1 heterocycles. The Hall–Kier alpha value is -1.77. The van der Waals surface area contributed by atoms with Gasteiger partial charge in [-0.25, -0.2) is 4.79 Å². The van der Waals surface area contributed by atoms with E-state index in [0.717, 1.165) is 17.1 Å². The van der Waals surface area contributed by atoms with Crippen LogP contribution in [0.2, 0.25) is 25.7 Å². The summed E-state index contributed by atoms with van der Waals surface area (Å²) in [5, 5.41) is 13.7. The van der Waals surface area contributed by atoms with Crippen molar-refractivity contribution in [2.75, 3.05) is 6.61 Å². The number of carbonyl (C=O) groups is 1. The van der Waals surface area contributed by atoms with E-state index < -0.39 is 25.0 Å². The van der Waals surface area contributed by atoms with Crippen molar-refractivity contribution in [2.45, 2.75) is 25.7 Å². The predicted octanol–water partition coefficient (Wildman–Crippen LogP) is 1.51. The molecule has 0 aliphatic heterocycles. The van der Waals surface area contributed by atoms with Gasteiger partial charge >= 0.3 is 12.0 Å². The molecule has 0 aromatic carbocycles. The second kappa shape index (κ2) is 5.04. The van der Waals surface area contributed by atoms with Crippen LogP contribution in [-0.2, 0) is 4.74 Å². The zero-order chi connectivity index (χ0) is 13.1. The Morgan fingerprint density at radius 3 is 2.71 bits per heavy atom. The Kier molecular flexibility index (Phi) is 3.94. The largest absolute Gasteiger partial charge is 0.491 e. The normalized spacial score (nSPS) is 11.2. The molecule has 0 spiro atoms. The van der Waals surface area contributed by atoms with Gasteiger partial charge in [-0.15, -0.1) is 0 Å². The van der Waals surface area contributed by atoms with Crippen LogP contribution in [0, 0.1) is 10.1 Å². The molecule has 1 aromatic heterocycles. The van der Waals surface area contributed by atoms with E-state index in [2.05, 4.69) is 29.7 Å². The number of hydrogen-bond acceptors (Lipinski definition) is 6. The van der Waals surface area contributed by atoms with E-state index >= 15 is 0 Å². The maximum atomic E-state index is 11.4. The van der Waals surface area contributed by atoms with Gasteiger partial charge in [0.15, 0.2) is 0 Å². The highest BCUT2D eigenvalue weighted by molar-refractivity contribution is 6.76. The second-order valence-corrected chi connectivity index (χ2v) is 10.3. The fourth-order valence-corrected chi connectivity index (χ4v) is 1.65. The molecule has 0 fully saturated rings. The summed E-state index contributed by atoms with van der Waals surface area (Å²) in [6.45, 7) is 6.76. The summed E-state index contributed by atoms with van der Waals surface area (Å²) in [7, 11) is -1.27. The molecule has 8 nitrogen and oxygen atoms in total. The Balaban J connectivity index is 2.50. The summed E-state index contributed by atoms with van der Waals surface area (Å²) in [5.41, 5.74) is 0. The van der Waals surface area contributed by atoms with Crippen LogP contribution in [0.5, 0.6) is 0 Å². The van der Waals surface area contributed by atoms with E-state index in [1.165, 1.54) is 0 Å². The average Bonchev–Trinajstić information content (AvgIpc) is 2.63. The summed E-state index contributed by atoms with van der Waals surface area (Å²) in [6, 6.07) is 0.829. The van der Waals surface area contributed by atoms with Crippen molar-refractivity contribution in [3.8, 4) is 0 Å². The van der Waals surface area contributed by atoms with Crippen LogP contribution < -0.4 is 0 Å². The van der Waals surface area contributed by atoms with Crippen LogP contribution in [0.15, 0.2) is 6.33 Å². The molecular formula is C8H14N4O4Si. The summed E-state index contributed by atoms with van der Waals surface area (Å²) in [5.74, 6) is -0.618. The van der Waals surface area contributed by atoms with Gasteiger partial charge in [0.25, 0.3) is 0 Å². The summed E-state index contributed by atoms with van der Waals surface area (Å²) in [4.78, 5) is 24.3. The molecule has 9 heteroatoms. The first kappa shape index (κ1) is 13.3. The van der Waals surface area contributed by atoms with Crippen LogP contribution >= 0.6 is 0 Å². The van der Waals surface area contributed by atoms with E-state index in [0.29, 0.717) is 6.61 Å². The lowest BCUT2D eigenvalue weighted by Gasteiger charge is -2.14. The molecule has 0 saturated carbocycles. The Bertz CT molecular complexity index is 425. The second-order valence-electron chi connectivity index (χ2n) is 4.67. The number of ether oxygens (including phenoxy) is 1. The van der Waals surface area contributed by atoms with Crippen molar-refractivity contribution >= 4 is 20.1 Å². The predicted molar refractivity (Wildman–Crippen MR) is 61.6 cm³/mol. The number of aromatic nitrogens is 3. The lowest BCUT2D eigenvalue weighted by atomic mass is 10.8. The number of nitro groups is 1. The molecule has 0 aliphatic rings. The Labute approximate surface area is 98.8 Å². The minimum Gasteiger partial charge on any atom is -0.447 e. The van der Waals surface area contributed by atoms with Crippen molar-refractivity contribution in [1.82, 2.24) is 14.8 Å². The standard InChI is InChI=1S/C8H14N4O4Si/c1-17(2,3)5-4-16-8(13)11-6-9-7(10-11)12(14)15/h6H,4-5H2,1-3H3. The minimum absolute atomic E-state index is 0.294. The van der Waals surface area contributed by atoms with Crippen molar-refractivity contribution < 1.29 is 14.5 Å². The van der Waals surface area contributed by atoms with Gasteiger partial charge in [0.05, 0.1) is 6.61 Å². The SMILES string of the molecule is C[Si](C)(C)CCOC(=O)n1cnc([N+](=O)[O-])n1. The third kappa shape index (κ3) is 4.31. The highest BCUT2D eigenvalue weighted by atomic mass is 28.3. The van der Waals surface area contributed by atoms with Crippen molar-refractivity contribution in [2.24, 2.45) is 0 Å². The molecule has 0 atom stereocenters. The van der Waals surface area contributed by atoms with E-state index in [4.69, 9.17) is 4.74 Å². The molecule has 1 rings (SSSR count). The van der Waals surface area contributed by atoms with Gasteiger partial charge in [-0.05, 0) is 11.0 Å². The topological polar surface area (TPSA) is 100 Å². The lowest BCUT2D eigenvalue weighted by Crippen LogP contribution is -2.24. The molecule has 0 aliphatic carbocycles. The molecule has 0 unspecified atom stereocenters. The third-order valence-corrected chi connectivity index (χ3v) is 3.61. The van der Waals surface area contributed by atoms with E-state index in [1.807, 2.05) is 0 Å². The molecule has 17 heavy (non-hydrogen) atoms. The fourth-order valence-electron chi connectivity index (χ4n) is 0.937. The van der Waals surface area contributed by atoms with Crippen molar-refractivity contribution in [1.29, 1.82) is 0 Å². The summed E-state index contributed by atoms with van der Waals surface area (Å²) < 4.78 is 5.66. The van der Waals surface area contributed by atoms with Gasteiger partial charge in [0.2, 0.25) is 6.33 Å². The molecule has 0 bridgehead atoms. The maximum absolute atomic E-state index is 11.4. The van der Waals surface area contributed by atoms with Crippen LogP contribution in [-0.4, -0.2) is 40.5 Å². The van der Waals surface area contributed by atoms with Crippen LogP contribution in [0.3, 0.4) is 0 Å². The minimum atomic E-state index is -1.27. The Morgan fingerprint density at radius 2 is 2.24 bits per heavy atom. The number of hydrogen-bond donors (Lipinski definition) is 0. The van der Waals surface area contributed by atoms with Gasteiger partial charge in [-0.1, -0.05) is 29.3 Å². The zero-order valence-electron chi connectivity index (χ0n) is 9.91. The summed E-state index contributed by atoms with van der Waals surface area (Å²) in [6.07, 6.45) is 0.221. The number of carbonyl (C=O) groups excluding carboxylic acids is 1. The van der Waals surface area contributed by atoms with Gasteiger partial charge in [-0.2, -0.15) is 0 Å². The quantitative estimate of drug-likeness (QED) is 0.461. The van der Waals surface area contributed by atoms with Gasteiger partial charge in [0, 0.05) is 13.2 Å². The number of rotatable bonds is 4. The van der Waals surface area contributed by atoms with Crippen LogP contribution in [0.1, 0.15) is 0 Å². The number of nitrogens with zero attached hydrogens (tertiary/aromatic N) is 4. The molecule has 0 amide bonds. The molecule has 1 aromatic rings. The van der Waals surface area contributed by atoms with Crippen LogP contribution in [0.4, 0.5) is 10.7 Å². The molecule has 0 saturated heterocycles. The first-order chi connectivity index (χ1) is 7.79. The highest BCUT2D eigenvalue weighted by Crippen LogP contribution is 2.08. The van der Waals surface area contributed by atoms with E-state index in [-0.39, 0.29) is 0 Å². The molecule has 0 N–H and O–H groups in total. The average molecular weight is 258 g/mol. The first-order valence-electron chi connectivity index (χ1n) is 5.03. The van der Waals surface area contributed by atoms with Gasteiger partial charge in [-0.3, -0.25) is 0 Å². The first-order valence-corrected chi connectivity index (χ1v) is 8.73. The van der Waals surface area contributed by atoms with E-state index in [1.54, 1.807) is 0 Å². The Morgan fingerprint density at radius 1 is 1.59 bits per heavy atom. The van der Waals surface area contributed by atoms with E-state index in [9.17, 15) is 14.9 Å². The van der Waals surface area contributed by atoms with Crippen LogP contribution in [0.25, 0.3) is 0 Å². The molecule has 94 valence electrons. The maximum Gasteiger partial charge on any atom is 0.491 e. The van der Waals surface area contributed by atoms with Gasteiger partial charge < -0.3 is 14.9 Å². The zero-order valence-corrected chi connectivity index (χ0v) is 10.9. The third-order valence-electron chi connectivity index (χ3n) is 1.91.